The van der Waals surface area contributed by atoms with Crippen LogP contribution in [0.25, 0.3) is 0 Å². The minimum absolute atomic E-state index is 0.0118. The van der Waals surface area contributed by atoms with Crippen LogP contribution in [0.5, 0.6) is 0 Å². The van der Waals surface area contributed by atoms with Gasteiger partial charge in [0.1, 0.15) is 11.6 Å². The van der Waals surface area contributed by atoms with Crippen LogP contribution in [0.15, 0.2) is 66.4 Å². The van der Waals surface area contributed by atoms with Crippen molar-refractivity contribution < 1.29 is 4.79 Å². The van der Waals surface area contributed by atoms with Crippen LogP contribution in [-0.2, 0) is 17.8 Å². The molecule has 0 aliphatic rings. The molecule has 0 atom stereocenters. The quantitative estimate of drug-likeness (QED) is 0.479. The summed E-state index contributed by atoms with van der Waals surface area (Å²) >= 11 is 0. The van der Waals surface area contributed by atoms with Gasteiger partial charge in [-0.3, -0.25) is 4.79 Å². The van der Waals surface area contributed by atoms with Gasteiger partial charge in [-0.25, -0.2) is 0 Å². The Morgan fingerprint density at radius 1 is 1.11 bits per heavy atom. The summed E-state index contributed by atoms with van der Waals surface area (Å²) in [4.78, 5) is 14.6. The van der Waals surface area contributed by atoms with Crippen LogP contribution in [0, 0.1) is 11.3 Å². The molecule has 28 heavy (non-hydrogen) atoms. The number of nitriles is 1. The van der Waals surface area contributed by atoms with Gasteiger partial charge >= 0.3 is 0 Å². The molecule has 4 heteroatoms. The molecule has 0 saturated carbocycles. The highest BCUT2D eigenvalue weighted by atomic mass is 16.2. The van der Waals surface area contributed by atoms with Crippen LogP contribution >= 0.6 is 0 Å². The van der Waals surface area contributed by atoms with Crippen molar-refractivity contribution in [1.29, 1.82) is 5.26 Å². The first-order valence-corrected chi connectivity index (χ1v) is 9.85. The van der Waals surface area contributed by atoms with Gasteiger partial charge in [-0.2, -0.15) is 5.26 Å². The van der Waals surface area contributed by atoms with Crippen molar-refractivity contribution in [2.24, 2.45) is 0 Å². The first-order valence-electron chi connectivity index (χ1n) is 9.85. The van der Waals surface area contributed by atoms with Gasteiger partial charge in [0.05, 0.1) is 0 Å². The fourth-order valence-corrected chi connectivity index (χ4v) is 2.87. The van der Waals surface area contributed by atoms with Crippen molar-refractivity contribution in [1.82, 2.24) is 4.90 Å². The third kappa shape index (κ3) is 6.28. The summed E-state index contributed by atoms with van der Waals surface area (Å²) in [6.07, 6.45) is 4.92. The zero-order valence-corrected chi connectivity index (χ0v) is 17.0. The number of nitrogens with one attached hydrogen (secondary N) is 1. The molecule has 2 aromatic carbocycles. The molecule has 2 rings (SSSR count). The zero-order chi connectivity index (χ0) is 20.4. The van der Waals surface area contributed by atoms with E-state index in [1.54, 1.807) is 4.90 Å². The summed E-state index contributed by atoms with van der Waals surface area (Å²) in [6.45, 7) is 6.57. The second-order valence-corrected chi connectivity index (χ2v) is 7.13. The van der Waals surface area contributed by atoms with Crippen LogP contribution in [0.1, 0.15) is 44.7 Å². The number of hydrogen-bond acceptors (Lipinski definition) is 3. The lowest BCUT2D eigenvalue weighted by molar-refractivity contribution is -0.129. The van der Waals surface area contributed by atoms with E-state index in [9.17, 15) is 10.1 Å². The van der Waals surface area contributed by atoms with Crippen LogP contribution in [0.2, 0.25) is 0 Å². The second-order valence-electron chi connectivity index (χ2n) is 7.13. The highest BCUT2D eigenvalue weighted by molar-refractivity contribution is 5.97. The number of carbonyl (C=O) groups is 1. The molecule has 0 heterocycles. The van der Waals surface area contributed by atoms with Crippen molar-refractivity contribution >= 4 is 11.6 Å². The van der Waals surface area contributed by atoms with Gasteiger partial charge in [-0.15, -0.1) is 0 Å². The first-order chi connectivity index (χ1) is 13.5. The molecule has 0 fully saturated rings. The number of hydrogen-bond donors (Lipinski definition) is 1. The molecule has 146 valence electrons. The fourth-order valence-electron chi connectivity index (χ4n) is 2.87. The predicted octanol–water partition coefficient (Wildman–Crippen LogP) is 5.29. The van der Waals surface area contributed by atoms with Gasteiger partial charge < -0.3 is 10.2 Å². The van der Waals surface area contributed by atoms with E-state index >= 15 is 0 Å². The molecule has 0 aliphatic carbocycles. The third-order valence-electron chi connectivity index (χ3n) is 4.59. The van der Waals surface area contributed by atoms with Crippen LogP contribution in [0.3, 0.4) is 0 Å². The summed E-state index contributed by atoms with van der Waals surface area (Å²) in [5, 5.41) is 12.6. The summed E-state index contributed by atoms with van der Waals surface area (Å²) in [5.41, 5.74) is 3.29. The first kappa shape index (κ1) is 21.2. The van der Waals surface area contributed by atoms with E-state index in [4.69, 9.17) is 0 Å². The Morgan fingerprint density at radius 3 is 2.36 bits per heavy atom. The molecule has 0 radical (unpaired) electrons. The Balaban J connectivity index is 2.08. The summed E-state index contributed by atoms with van der Waals surface area (Å²) in [7, 11) is 0. The van der Waals surface area contributed by atoms with Crippen LogP contribution in [0.4, 0.5) is 5.69 Å². The second kappa shape index (κ2) is 10.9. The molecule has 0 saturated heterocycles. The van der Waals surface area contributed by atoms with E-state index < -0.39 is 0 Å². The van der Waals surface area contributed by atoms with Gasteiger partial charge in [0, 0.05) is 24.5 Å². The summed E-state index contributed by atoms with van der Waals surface area (Å²) in [6, 6.07) is 20.0. The highest BCUT2D eigenvalue weighted by Crippen LogP contribution is 2.15. The Morgan fingerprint density at radius 2 is 1.79 bits per heavy atom. The van der Waals surface area contributed by atoms with E-state index in [0.29, 0.717) is 6.54 Å². The zero-order valence-electron chi connectivity index (χ0n) is 17.0. The smallest absolute Gasteiger partial charge is 0.266 e. The largest absolute Gasteiger partial charge is 0.360 e. The van der Waals surface area contributed by atoms with Crippen molar-refractivity contribution in [2.45, 2.75) is 52.6 Å². The number of rotatable bonds is 9. The lowest BCUT2D eigenvalue weighted by Gasteiger charge is -2.26. The molecule has 0 bridgehead atoms. The van der Waals surface area contributed by atoms with E-state index in [1.807, 2.05) is 62.4 Å². The normalized spacial score (nSPS) is 11.2. The van der Waals surface area contributed by atoms with Crippen molar-refractivity contribution in [2.75, 3.05) is 5.32 Å². The molecular formula is C24H29N3O. The van der Waals surface area contributed by atoms with Crippen LogP contribution in [-0.4, -0.2) is 16.8 Å². The number of aryl methyl sites for hydroxylation is 1. The lowest BCUT2D eigenvalue weighted by Crippen LogP contribution is -2.37. The van der Waals surface area contributed by atoms with E-state index in [0.717, 1.165) is 17.7 Å². The Kier molecular flexibility index (Phi) is 8.30. The average molecular weight is 376 g/mol. The fraction of sp³-hybridized carbons (Fsp3) is 0.333. The molecule has 0 spiro atoms. The number of benzene rings is 2. The highest BCUT2D eigenvalue weighted by Gasteiger charge is 2.21. The number of anilines is 1. The van der Waals surface area contributed by atoms with E-state index in [2.05, 4.69) is 24.4 Å². The monoisotopic (exact) mass is 375 g/mol. The molecule has 0 aromatic heterocycles. The number of amides is 1. The molecule has 0 unspecified atom stereocenters. The van der Waals surface area contributed by atoms with E-state index in [-0.39, 0.29) is 17.5 Å². The van der Waals surface area contributed by atoms with E-state index in [1.165, 1.54) is 24.6 Å². The third-order valence-corrected chi connectivity index (χ3v) is 4.59. The van der Waals surface area contributed by atoms with Crippen LogP contribution < -0.4 is 5.32 Å². The van der Waals surface area contributed by atoms with Crippen molar-refractivity contribution in [3.05, 3.63) is 77.5 Å². The Hall–Kier alpha value is -3.06. The lowest BCUT2D eigenvalue weighted by atomic mass is 10.1. The maximum atomic E-state index is 12.9. The van der Waals surface area contributed by atoms with Gasteiger partial charge in [-0.1, -0.05) is 55.8 Å². The predicted molar refractivity (Wildman–Crippen MR) is 115 cm³/mol. The van der Waals surface area contributed by atoms with Gasteiger partial charge in [-0.05, 0) is 49.9 Å². The molecule has 1 amide bonds. The number of unbranched alkanes of at least 4 members (excludes halogenated alkanes) is 1. The van der Waals surface area contributed by atoms with Gasteiger partial charge in [0.25, 0.3) is 5.91 Å². The minimum atomic E-state index is -0.270. The molecule has 2 aromatic rings. The standard InChI is InChI=1S/C24H29N3O/c1-4-5-9-20-12-14-23(15-13-20)26-17-22(16-25)24(28)27(19(2)3)18-21-10-7-6-8-11-21/h6-8,10-15,17,19,26H,4-5,9,18H2,1-3H3/b22-17-. The SMILES string of the molecule is CCCCc1ccc(N/C=C(/C#N)C(=O)N(Cc2ccccc2)C(C)C)cc1. The van der Waals surface area contributed by atoms with Crippen molar-refractivity contribution in [3.8, 4) is 6.07 Å². The number of nitrogens with zero attached hydrogens (tertiary/aromatic N) is 2. The average Bonchev–Trinajstić information content (AvgIpc) is 2.72. The number of carbonyl (C=O) groups excluding carboxylic acids is 1. The Bertz CT molecular complexity index is 817. The molecular weight excluding hydrogens is 346 g/mol. The summed E-state index contributed by atoms with van der Waals surface area (Å²) in [5.74, 6) is -0.270. The van der Waals surface area contributed by atoms with Gasteiger partial charge in [0.15, 0.2) is 0 Å². The topological polar surface area (TPSA) is 56.1 Å². The molecule has 4 nitrogen and oxygen atoms in total. The molecule has 1 N–H and O–H groups in total. The summed E-state index contributed by atoms with van der Waals surface area (Å²) < 4.78 is 0. The maximum absolute atomic E-state index is 12.9. The molecule has 0 aliphatic heterocycles. The maximum Gasteiger partial charge on any atom is 0.266 e. The van der Waals surface area contributed by atoms with Crippen molar-refractivity contribution in [3.63, 3.8) is 0 Å². The minimum Gasteiger partial charge on any atom is -0.360 e. The Labute approximate surface area is 168 Å². The van der Waals surface area contributed by atoms with Gasteiger partial charge in [0.2, 0.25) is 0 Å².